The maximum atomic E-state index is 13.1. The van der Waals surface area contributed by atoms with E-state index in [2.05, 4.69) is 61.2 Å². The minimum Gasteiger partial charge on any atom is -0.342 e. The van der Waals surface area contributed by atoms with E-state index in [4.69, 9.17) is 4.98 Å². The van der Waals surface area contributed by atoms with E-state index < -0.39 is 0 Å². The van der Waals surface area contributed by atoms with Gasteiger partial charge >= 0.3 is 0 Å². The zero-order chi connectivity index (χ0) is 26.2. The van der Waals surface area contributed by atoms with Crippen molar-refractivity contribution < 1.29 is 4.79 Å². The maximum absolute atomic E-state index is 13.1. The number of nitrogens with one attached hydrogen (secondary N) is 2. The molecule has 1 atom stereocenters. The number of aromatic nitrogens is 7. The molecule has 37 heavy (non-hydrogen) atoms. The summed E-state index contributed by atoms with van der Waals surface area (Å²) in [6.45, 7) is 7.66. The highest BCUT2D eigenvalue weighted by molar-refractivity contribution is 5.92. The van der Waals surface area contributed by atoms with Crippen molar-refractivity contribution in [1.29, 1.82) is 0 Å². The molecular formula is C26H32N10O. The van der Waals surface area contributed by atoms with Gasteiger partial charge in [0, 0.05) is 38.1 Å². The predicted molar refractivity (Wildman–Crippen MR) is 140 cm³/mol. The average Bonchev–Trinajstić information content (AvgIpc) is 3.48. The first-order chi connectivity index (χ1) is 17.7. The summed E-state index contributed by atoms with van der Waals surface area (Å²) < 4.78 is 3.43. The van der Waals surface area contributed by atoms with E-state index >= 15 is 0 Å². The molecule has 0 fully saturated rings. The number of amides is 1. The number of benzene rings is 1. The summed E-state index contributed by atoms with van der Waals surface area (Å²) in [5, 5.41) is 18.8. The van der Waals surface area contributed by atoms with Crippen LogP contribution in [0.1, 0.15) is 48.4 Å². The van der Waals surface area contributed by atoms with Gasteiger partial charge in [-0.25, -0.2) is 14.6 Å². The number of hydrogen-bond acceptors (Lipinski definition) is 8. The lowest BCUT2D eigenvalue weighted by Gasteiger charge is -2.22. The molecule has 11 nitrogen and oxygen atoms in total. The fourth-order valence-electron chi connectivity index (χ4n) is 4.38. The van der Waals surface area contributed by atoms with Crippen molar-refractivity contribution in [2.45, 2.75) is 38.8 Å². The molecule has 192 valence electrons. The highest BCUT2D eigenvalue weighted by Gasteiger charge is 2.26. The second-order valence-corrected chi connectivity index (χ2v) is 10.5. The first-order valence-electron chi connectivity index (χ1n) is 12.3. The number of likely N-dealkylation sites (N-methyl/N-ethyl adjacent to an activating group) is 1. The zero-order valence-electron chi connectivity index (χ0n) is 21.8. The Bertz CT molecular complexity index is 1420. The molecule has 11 heteroatoms. The number of anilines is 2. The molecule has 0 unspecified atom stereocenters. The van der Waals surface area contributed by atoms with Crippen LogP contribution in [0.4, 0.5) is 11.6 Å². The predicted octanol–water partition coefficient (Wildman–Crippen LogP) is 2.93. The highest BCUT2D eigenvalue weighted by atomic mass is 16.2. The van der Waals surface area contributed by atoms with Crippen LogP contribution in [0, 0.1) is 0 Å². The Balaban J connectivity index is 1.39. The number of carbonyl (C=O) groups is 1. The van der Waals surface area contributed by atoms with Gasteiger partial charge in [0.2, 0.25) is 5.95 Å². The monoisotopic (exact) mass is 500 g/mol. The molecule has 2 N–H and O–H groups in total. The summed E-state index contributed by atoms with van der Waals surface area (Å²) in [7, 11) is 3.93. The van der Waals surface area contributed by atoms with E-state index in [1.165, 1.54) is 5.56 Å². The van der Waals surface area contributed by atoms with E-state index in [1.54, 1.807) is 28.0 Å². The second-order valence-electron chi connectivity index (χ2n) is 10.5. The quantitative estimate of drug-likeness (QED) is 0.429. The Hall–Kier alpha value is -4.12. The number of nitrogens with zero attached hydrogens (tertiary/aromatic N) is 8. The number of rotatable bonds is 5. The first kappa shape index (κ1) is 24.6. The average molecular weight is 501 g/mol. The number of aryl methyl sites for hydroxylation is 1. The Labute approximate surface area is 215 Å². The lowest BCUT2D eigenvalue weighted by atomic mass is 9.96. The van der Waals surface area contributed by atoms with Crippen LogP contribution in [-0.2, 0) is 19.0 Å². The molecule has 0 radical (unpaired) electrons. The van der Waals surface area contributed by atoms with Crippen molar-refractivity contribution >= 4 is 17.5 Å². The number of hydrogen-bond donors (Lipinski definition) is 2. The van der Waals surface area contributed by atoms with E-state index in [-0.39, 0.29) is 17.5 Å². The summed E-state index contributed by atoms with van der Waals surface area (Å²) in [4.78, 5) is 24.4. The van der Waals surface area contributed by atoms with E-state index in [0.29, 0.717) is 18.2 Å². The van der Waals surface area contributed by atoms with Crippen molar-refractivity contribution in [3.8, 4) is 11.3 Å². The summed E-state index contributed by atoms with van der Waals surface area (Å²) in [5.74, 6) is 0.279. The minimum atomic E-state index is -0.245. The Morgan fingerprint density at radius 2 is 1.97 bits per heavy atom. The smallest absolute Gasteiger partial charge is 0.273 e. The van der Waals surface area contributed by atoms with Gasteiger partial charge in [-0.15, -0.1) is 5.10 Å². The van der Waals surface area contributed by atoms with Crippen LogP contribution in [-0.4, -0.2) is 65.7 Å². The topological polar surface area (TPSA) is 119 Å². The van der Waals surface area contributed by atoms with Gasteiger partial charge in [-0.3, -0.25) is 9.48 Å². The van der Waals surface area contributed by atoms with Crippen molar-refractivity contribution in [3.05, 3.63) is 65.9 Å². The second kappa shape index (κ2) is 9.74. The molecule has 1 aliphatic heterocycles. The van der Waals surface area contributed by atoms with E-state index in [1.807, 2.05) is 40.1 Å². The third-order valence-electron chi connectivity index (χ3n) is 6.41. The van der Waals surface area contributed by atoms with Gasteiger partial charge in [0.1, 0.15) is 0 Å². The largest absolute Gasteiger partial charge is 0.342 e. The molecule has 5 rings (SSSR count). The van der Waals surface area contributed by atoms with Gasteiger partial charge in [0.15, 0.2) is 5.69 Å². The molecule has 1 amide bonds. The molecule has 0 aliphatic carbocycles. The molecule has 4 aromatic rings. The molecule has 4 heterocycles. The fourth-order valence-corrected chi connectivity index (χ4v) is 4.38. The summed E-state index contributed by atoms with van der Waals surface area (Å²) >= 11 is 0. The normalized spacial score (nSPS) is 16.2. The molecule has 0 bridgehead atoms. The maximum Gasteiger partial charge on any atom is 0.273 e. The molecule has 0 saturated carbocycles. The number of fused-ring (bicyclic) bond motifs is 1. The summed E-state index contributed by atoms with van der Waals surface area (Å²) in [5.41, 5.74) is 5.00. The molecular weight excluding hydrogens is 468 g/mol. The standard InChI is InChI=1S/C26H32N10O/c1-26(2,3)36-16-23(32-33-36)24(37)30-22-15-34(4)11-9-17-12-18(6-7-20(17)22)21-8-10-27-25(31-21)29-19-13-28-35(5)14-19/h6-8,10,12-14,16,22H,9,11,15H2,1-5H3,(H,30,37)(H,27,29,31)/t22-/m1/s1. The minimum absolute atomic E-state index is 0.169. The Morgan fingerprint density at radius 3 is 2.70 bits per heavy atom. The van der Waals surface area contributed by atoms with Crippen molar-refractivity contribution in [2.24, 2.45) is 7.05 Å². The van der Waals surface area contributed by atoms with Crippen LogP contribution >= 0.6 is 0 Å². The van der Waals surface area contributed by atoms with Crippen molar-refractivity contribution in [1.82, 2.24) is 45.0 Å². The Morgan fingerprint density at radius 1 is 1.14 bits per heavy atom. The van der Waals surface area contributed by atoms with Crippen LogP contribution in [0.2, 0.25) is 0 Å². The van der Waals surface area contributed by atoms with Gasteiger partial charge in [0.05, 0.1) is 35.4 Å². The number of carbonyl (C=O) groups excluding carboxylic acids is 1. The SMILES string of the molecule is CN1CCc2cc(-c3ccnc(Nc4cnn(C)c4)n3)ccc2[C@H](NC(=O)c2cn(C(C)(C)C)nn2)C1. The molecule has 3 aromatic heterocycles. The van der Waals surface area contributed by atoms with Crippen molar-refractivity contribution in [2.75, 3.05) is 25.5 Å². The van der Waals surface area contributed by atoms with Gasteiger partial charge < -0.3 is 15.5 Å². The highest BCUT2D eigenvalue weighted by Crippen LogP contribution is 2.29. The first-order valence-corrected chi connectivity index (χ1v) is 12.3. The van der Waals surface area contributed by atoms with Crippen LogP contribution in [0.15, 0.2) is 49.1 Å². The lowest BCUT2D eigenvalue weighted by molar-refractivity contribution is 0.0924. The van der Waals surface area contributed by atoms with Crippen molar-refractivity contribution in [3.63, 3.8) is 0 Å². The molecule has 1 aromatic carbocycles. The fraction of sp³-hybridized carbons (Fsp3) is 0.385. The van der Waals surface area contributed by atoms with E-state index in [9.17, 15) is 4.79 Å². The van der Waals surface area contributed by atoms with Gasteiger partial charge in [-0.2, -0.15) is 5.10 Å². The zero-order valence-corrected chi connectivity index (χ0v) is 21.8. The van der Waals surface area contributed by atoms with Crippen LogP contribution in [0.3, 0.4) is 0 Å². The van der Waals surface area contributed by atoms with Gasteiger partial charge in [0.25, 0.3) is 5.91 Å². The van der Waals surface area contributed by atoms with Crippen LogP contribution in [0.5, 0.6) is 0 Å². The van der Waals surface area contributed by atoms with E-state index in [0.717, 1.165) is 35.5 Å². The van der Waals surface area contributed by atoms with Gasteiger partial charge in [-0.05, 0) is 57.5 Å². The van der Waals surface area contributed by atoms with Crippen LogP contribution < -0.4 is 10.6 Å². The third kappa shape index (κ3) is 5.51. The summed E-state index contributed by atoms with van der Waals surface area (Å²) in [6.07, 6.45) is 7.92. The molecule has 0 spiro atoms. The summed E-state index contributed by atoms with van der Waals surface area (Å²) in [6, 6.07) is 8.04. The molecule has 1 aliphatic rings. The molecule has 0 saturated heterocycles. The van der Waals surface area contributed by atoms with Crippen LogP contribution in [0.25, 0.3) is 11.3 Å². The Kier molecular flexibility index (Phi) is 6.46. The lowest BCUT2D eigenvalue weighted by Crippen LogP contribution is -2.35. The van der Waals surface area contributed by atoms with Gasteiger partial charge in [-0.1, -0.05) is 17.3 Å². The third-order valence-corrected chi connectivity index (χ3v) is 6.41.